The summed E-state index contributed by atoms with van der Waals surface area (Å²) in [6.07, 6.45) is 15.9. The number of unbranched alkanes of at least 4 members (excludes halogenated alkanes) is 1. The summed E-state index contributed by atoms with van der Waals surface area (Å²) >= 11 is 1.79. The van der Waals surface area contributed by atoms with Gasteiger partial charge in [-0.15, -0.1) is 11.8 Å². The molecule has 8 aromatic rings. The van der Waals surface area contributed by atoms with Crippen molar-refractivity contribution in [2.75, 3.05) is 215 Å². The topological polar surface area (TPSA) is 531 Å². The first-order chi connectivity index (χ1) is 56.2. The lowest BCUT2D eigenvalue weighted by Crippen LogP contribution is -2.35. The molecule has 7 atom stereocenters. The second-order valence-corrected chi connectivity index (χ2v) is 33.0. The van der Waals surface area contributed by atoms with E-state index >= 15 is 0 Å². The van der Waals surface area contributed by atoms with Crippen molar-refractivity contribution in [3.8, 4) is 5.75 Å². The maximum atomic E-state index is 6.01. The summed E-state index contributed by atoms with van der Waals surface area (Å²) in [6.45, 7) is 26.4. The van der Waals surface area contributed by atoms with Crippen LogP contribution < -0.4 is 134 Å². The number of hydrogen-bond donors (Lipinski definition) is 23. The normalized spacial score (nSPS) is 19.0. The molecule has 16 rings (SSSR count). The van der Waals surface area contributed by atoms with Crippen LogP contribution in [0.1, 0.15) is 132 Å². The Hall–Kier alpha value is -10.8. The highest BCUT2D eigenvalue weighted by Gasteiger charge is 2.29. The molecule has 8 aliphatic heterocycles. The van der Waals surface area contributed by atoms with Crippen LogP contribution in [-0.4, -0.2) is 108 Å². The second kappa shape index (κ2) is 43.4. The third-order valence-electron chi connectivity index (χ3n) is 23.0. The Morgan fingerprint density at radius 2 is 0.744 bits per heavy atom. The van der Waals surface area contributed by atoms with Crippen LogP contribution >= 0.6 is 11.8 Å². The molecule has 0 aromatic heterocycles. The number of ether oxygens (including phenoxy) is 3. The van der Waals surface area contributed by atoms with Crippen LogP contribution in [0.15, 0.2) is 102 Å². The van der Waals surface area contributed by atoms with Crippen molar-refractivity contribution in [2.24, 2.45) is 23.7 Å². The van der Waals surface area contributed by atoms with Crippen LogP contribution in [0.5, 0.6) is 5.75 Å². The van der Waals surface area contributed by atoms with Crippen LogP contribution in [0.4, 0.5) is 131 Å². The zero-order valence-electron chi connectivity index (χ0n) is 70.5. The molecule has 0 amide bonds. The van der Waals surface area contributed by atoms with E-state index in [9.17, 15) is 0 Å². The maximum Gasteiger partial charge on any atom is 0.157 e. The van der Waals surface area contributed by atoms with Gasteiger partial charge in [0.05, 0.1) is 108 Å². The van der Waals surface area contributed by atoms with Gasteiger partial charge in [-0.3, -0.25) is 0 Å². The first-order valence-corrected chi connectivity index (χ1v) is 42.8. The van der Waals surface area contributed by atoms with Gasteiger partial charge in [0.25, 0.3) is 0 Å². The zero-order chi connectivity index (χ0) is 84.6. The van der Waals surface area contributed by atoms with E-state index < -0.39 is 0 Å². The highest BCUT2D eigenvalue weighted by Crippen LogP contribution is 2.46. The van der Waals surface area contributed by atoms with Crippen molar-refractivity contribution in [1.29, 1.82) is 0 Å². The molecule has 0 bridgehead atoms. The summed E-state index contributed by atoms with van der Waals surface area (Å²) in [5.74, 6) is 3.49. The van der Waals surface area contributed by atoms with E-state index in [2.05, 4.69) is 83.7 Å². The van der Waals surface area contributed by atoms with Gasteiger partial charge in [-0.1, -0.05) is 67.2 Å². The molecule has 0 saturated carbocycles. The lowest BCUT2D eigenvalue weighted by Gasteiger charge is -2.30. The molecular formula is C89H138N24O3S. The molecule has 0 aliphatic carbocycles. The number of nitrogens with two attached hydrogens (primary N) is 16. The predicted molar refractivity (Wildman–Crippen MR) is 506 cm³/mol. The molecule has 0 saturated heterocycles. The van der Waals surface area contributed by atoms with Crippen molar-refractivity contribution in [1.82, 2.24) is 4.90 Å². The van der Waals surface area contributed by atoms with Gasteiger partial charge in [0.1, 0.15) is 6.61 Å². The molecule has 8 aliphatic rings. The molecule has 638 valence electrons. The Balaban J connectivity index is 0.000000153. The van der Waals surface area contributed by atoms with Crippen molar-refractivity contribution in [2.45, 2.75) is 161 Å². The van der Waals surface area contributed by atoms with Gasteiger partial charge in [-0.05, 0) is 192 Å². The summed E-state index contributed by atoms with van der Waals surface area (Å²) in [6, 6.07) is 29.8. The van der Waals surface area contributed by atoms with E-state index in [1.165, 1.54) is 66.3 Å². The van der Waals surface area contributed by atoms with Crippen molar-refractivity contribution in [3.05, 3.63) is 136 Å². The molecule has 0 spiro atoms. The summed E-state index contributed by atoms with van der Waals surface area (Å²) in [7, 11) is 1.71. The fourth-order valence-electron chi connectivity index (χ4n) is 16.1. The first-order valence-electron chi connectivity index (χ1n) is 41.9. The molecular weight excluding hydrogens is 1490 g/mol. The molecule has 28 heteroatoms. The number of hydrogen-bond acceptors (Lipinski definition) is 28. The standard InChI is InChI=1S/C13H21N3OS.C13H21N3.C12H19N3.C11H17N3O.C11H17N3.C10H15N3O.C10H15N3.C9H13N3/c1-3-16(4-2)7-9-8-17-12-10(14)5-6-11(15)13(12)18-9;1-2-3-4-9-7-10-11(14)5-6-12(15)13(10)16-8-9;1-2-3-8-6-9-10(13)4-5-11(14)12(9)15-7-8;1-2-15-7-5-8-9(12)3-4-10(13)11(8)14-6-7;1-2-7-5-8-9(12)3-4-10(13)11(8)14-6-7;1-14-6-4-7-8(11)2-3-9(12)10(7)13-5-6;1-6-4-7-8(11)2-3-9(12)10(7)13-5-6;10-7-3-4-8(11)9-6(7)2-1-5-12-9/h5-6,9H,3-4,7-8,14-15H2,1-2H3;5-6,9,16H,2-4,7-8,14-15H2,1H3;4-5,8,15H,2-3,6-7,13-14H2,1H3;3-4,7,14H,2,5-6,12-13H2,1H3;3-4,7,14H,2,5-6,12-13H2,1H3;2-3,6,13H,4-5,11-12H2,1H3;2-3,6,13H,4-5,11-12H2,1H3;3-4,12H,1-2,5,10-11H2. The summed E-state index contributed by atoms with van der Waals surface area (Å²) in [5, 5.41) is 23.7. The van der Waals surface area contributed by atoms with Gasteiger partial charge >= 0.3 is 0 Å². The number of rotatable bonds is 13. The number of thioether (sulfide) groups is 1. The molecule has 0 radical (unpaired) electrons. The third kappa shape index (κ3) is 23.7. The average Bonchev–Trinajstić information content (AvgIpc) is 0.816. The van der Waals surface area contributed by atoms with Crippen LogP contribution in [0.2, 0.25) is 0 Å². The van der Waals surface area contributed by atoms with E-state index in [4.69, 9.17) is 106 Å². The van der Waals surface area contributed by atoms with E-state index in [1.807, 2.05) is 97.9 Å². The Morgan fingerprint density at radius 3 is 1.16 bits per heavy atom. The summed E-state index contributed by atoms with van der Waals surface area (Å²) < 4.78 is 16.6. The number of nitrogens with one attached hydrogen (secondary N) is 7. The molecule has 7 unspecified atom stereocenters. The quantitative estimate of drug-likeness (QED) is 0.0477. The predicted octanol–water partition coefficient (Wildman–Crippen LogP) is 13.5. The van der Waals surface area contributed by atoms with Crippen LogP contribution in [0.25, 0.3) is 0 Å². The number of anilines is 23. The highest BCUT2D eigenvalue weighted by molar-refractivity contribution is 8.00. The Labute approximate surface area is 698 Å². The van der Waals surface area contributed by atoms with Crippen molar-refractivity contribution < 1.29 is 14.2 Å². The number of fused-ring (bicyclic) bond motifs is 8. The van der Waals surface area contributed by atoms with E-state index in [0.29, 0.717) is 41.2 Å². The number of nitrogen functional groups attached to an aromatic ring is 16. The Morgan fingerprint density at radius 1 is 0.385 bits per heavy atom. The number of benzene rings is 8. The smallest absolute Gasteiger partial charge is 0.157 e. The monoisotopic (exact) mass is 1620 g/mol. The third-order valence-corrected chi connectivity index (χ3v) is 24.3. The van der Waals surface area contributed by atoms with Crippen molar-refractivity contribution in [3.63, 3.8) is 0 Å². The largest absolute Gasteiger partial charge is 0.489 e. The molecule has 117 heavy (non-hydrogen) atoms. The van der Waals surface area contributed by atoms with Gasteiger partial charge in [0.15, 0.2) is 5.75 Å². The lowest BCUT2D eigenvalue weighted by molar-refractivity contribution is 0.0705. The molecule has 39 N–H and O–H groups in total. The maximum absolute atomic E-state index is 6.01. The van der Waals surface area contributed by atoms with Gasteiger partial charge in [0, 0.05) is 163 Å². The fraction of sp³-hybridized carbons (Fsp3) is 0.461. The minimum Gasteiger partial charge on any atom is -0.489 e. The van der Waals surface area contributed by atoms with Gasteiger partial charge in [-0.25, -0.2) is 0 Å². The summed E-state index contributed by atoms with van der Waals surface area (Å²) in [5.41, 5.74) is 123. The highest BCUT2D eigenvalue weighted by atomic mass is 32.2. The zero-order valence-corrected chi connectivity index (χ0v) is 71.3. The van der Waals surface area contributed by atoms with Crippen molar-refractivity contribution >= 4 is 143 Å². The number of methoxy groups -OCH3 is 1. The van der Waals surface area contributed by atoms with E-state index in [-0.39, 0.29) is 12.2 Å². The minimum absolute atomic E-state index is 0.187. The molecule has 8 aromatic carbocycles. The SMILES string of the molecule is CC1CNc2c(N)ccc(N)c2C1.CCC1CNc2c(N)ccc(N)c2C1.CCCC1CNc2c(N)ccc(N)c2C1.CCCCC1CNc2c(N)ccc(N)c2C1.CCN(CC)CC1COc2c(N)ccc(N)c2S1.CCOC1CNc2c(N)ccc(N)c2C1.COC1CNc2c(N)ccc(N)c2C1.Nc1ccc(N)c2c1CCCN2. The first kappa shape index (κ1) is 90.1. The number of nitrogens with zero attached hydrogens (tertiary/aromatic N) is 1. The average molecular weight is 1620 g/mol. The molecule has 8 heterocycles. The van der Waals surface area contributed by atoms with Crippen LogP contribution in [0.3, 0.4) is 0 Å². The van der Waals surface area contributed by atoms with E-state index in [0.717, 1.165) is 270 Å². The Kier molecular flexibility index (Phi) is 33.4. The van der Waals surface area contributed by atoms with Crippen LogP contribution in [-0.2, 0) is 54.4 Å². The molecule has 27 nitrogen and oxygen atoms in total. The minimum atomic E-state index is 0.187. The summed E-state index contributed by atoms with van der Waals surface area (Å²) in [4.78, 5) is 3.40. The van der Waals surface area contributed by atoms with E-state index in [1.54, 1.807) is 24.9 Å². The molecule has 0 fully saturated rings. The fourth-order valence-corrected chi connectivity index (χ4v) is 17.3. The van der Waals surface area contributed by atoms with Gasteiger partial charge < -0.3 is 148 Å². The van der Waals surface area contributed by atoms with Gasteiger partial charge in [-0.2, -0.15) is 0 Å². The lowest BCUT2D eigenvalue weighted by atomic mass is 9.89. The van der Waals surface area contributed by atoms with Crippen LogP contribution in [0, 0.1) is 23.7 Å². The Bertz CT molecular complexity index is 4390. The van der Waals surface area contributed by atoms with Gasteiger partial charge in [0.2, 0.25) is 0 Å². The second-order valence-electron chi connectivity index (χ2n) is 31.6.